The highest BCUT2D eigenvalue weighted by Gasteiger charge is 2.20. The molecule has 0 aliphatic rings. The molecule has 0 aliphatic carbocycles. The SMILES string of the molecule is C=CCn1c(SCC(=O)c2cc(C)n(-c3ccccc3)c2C)nnc1-c1ccccc1F. The van der Waals surface area contributed by atoms with Crippen LogP contribution >= 0.6 is 11.8 Å². The molecule has 2 heterocycles. The Balaban J connectivity index is 1.58. The standard InChI is InChI=1S/C25H23FN4OS/c1-4-14-29-24(20-12-8-9-13-22(20)26)27-28-25(29)32-16-23(31)21-15-17(2)30(18(21)3)19-10-6-5-7-11-19/h4-13,15H,1,14,16H2,2-3H3. The Morgan fingerprint density at radius 3 is 2.53 bits per heavy atom. The van der Waals surface area contributed by atoms with Gasteiger partial charge in [0.05, 0.1) is 11.3 Å². The first kappa shape index (κ1) is 21.8. The second kappa shape index (κ2) is 9.36. The maximum absolute atomic E-state index is 14.3. The van der Waals surface area contributed by atoms with Gasteiger partial charge in [-0.15, -0.1) is 16.8 Å². The third-order valence-corrected chi connectivity index (χ3v) is 6.19. The molecule has 162 valence electrons. The number of benzene rings is 2. The molecule has 2 aromatic carbocycles. The molecule has 0 radical (unpaired) electrons. The molecule has 0 unspecified atom stereocenters. The normalized spacial score (nSPS) is 11.0. The summed E-state index contributed by atoms with van der Waals surface area (Å²) in [6.07, 6.45) is 1.70. The molecule has 0 aliphatic heterocycles. The molecule has 0 atom stereocenters. The summed E-state index contributed by atoms with van der Waals surface area (Å²) in [5.41, 5.74) is 3.97. The minimum absolute atomic E-state index is 0.00544. The van der Waals surface area contributed by atoms with Crippen LogP contribution in [-0.4, -0.2) is 30.9 Å². The average molecular weight is 447 g/mol. The predicted octanol–water partition coefficient (Wildman–Crippen LogP) is 5.65. The zero-order chi connectivity index (χ0) is 22.7. The number of aromatic nitrogens is 4. The van der Waals surface area contributed by atoms with Crippen LogP contribution in [0.15, 0.2) is 78.5 Å². The monoisotopic (exact) mass is 446 g/mol. The highest BCUT2D eigenvalue weighted by atomic mass is 32.2. The summed E-state index contributed by atoms with van der Waals surface area (Å²) in [5.74, 6) is 0.253. The summed E-state index contributed by atoms with van der Waals surface area (Å²) in [6, 6.07) is 18.3. The summed E-state index contributed by atoms with van der Waals surface area (Å²) >= 11 is 1.29. The van der Waals surface area contributed by atoms with E-state index in [1.807, 2.05) is 50.2 Å². The molecule has 0 fully saturated rings. The van der Waals surface area contributed by atoms with E-state index in [0.29, 0.717) is 28.7 Å². The fourth-order valence-corrected chi connectivity index (χ4v) is 4.59. The second-order valence-electron chi connectivity index (χ2n) is 7.35. The van der Waals surface area contributed by atoms with Crippen molar-refractivity contribution in [2.45, 2.75) is 25.5 Å². The van der Waals surface area contributed by atoms with Crippen LogP contribution < -0.4 is 0 Å². The van der Waals surface area contributed by atoms with Crippen LogP contribution in [0.2, 0.25) is 0 Å². The van der Waals surface area contributed by atoms with E-state index in [9.17, 15) is 9.18 Å². The minimum Gasteiger partial charge on any atom is -0.318 e. The van der Waals surface area contributed by atoms with Crippen molar-refractivity contribution in [1.29, 1.82) is 0 Å². The number of nitrogens with zero attached hydrogens (tertiary/aromatic N) is 4. The second-order valence-corrected chi connectivity index (χ2v) is 8.30. The lowest BCUT2D eigenvalue weighted by Crippen LogP contribution is -2.07. The highest BCUT2D eigenvalue weighted by molar-refractivity contribution is 7.99. The zero-order valence-corrected chi connectivity index (χ0v) is 18.8. The molecule has 4 rings (SSSR count). The molecule has 0 bridgehead atoms. The van der Waals surface area contributed by atoms with Crippen molar-refractivity contribution < 1.29 is 9.18 Å². The third-order valence-electron chi connectivity index (χ3n) is 5.22. The van der Waals surface area contributed by atoms with Crippen LogP contribution in [0.25, 0.3) is 17.1 Å². The molecule has 7 heteroatoms. The summed E-state index contributed by atoms with van der Waals surface area (Å²) in [6.45, 7) is 8.14. The number of Topliss-reactive ketones (excluding diaryl/α,β-unsaturated/α-hetero) is 1. The first-order valence-electron chi connectivity index (χ1n) is 10.2. The van der Waals surface area contributed by atoms with E-state index in [4.69, 9.17) is 0 Å². The van der Waals surface area contributed by atoms with Gasteiger partial charge in [0.1, 0.15) is 5.82 Å². The van der Waals surface area contributed by atoms with E-state index in [1.54, 1.807) is 28.8 Å². The van der Waals surface area contributed by atoms with Crippen LogP contribution in [0.4, 0.5) is 4.39 Å². The van der Waals surface area contributed by atoms with Crippen molar-refractivity contribution in [3.63, 3.8) is 0 Å². The number of allylic oxidation sites excluding steroid dienone is 1. The largest absolute Gasteiger partial charge is 0.318 e. The Kier molecular flexibility index (Phi) is 6.37. The molecular weight excluding hydrogens is 423 g/mol. The Bertz CT molecular complexity index is 1280. The molecule has 0 N–H and O–H groups in total. The molecule has 0 amide bonds. The van der Waals surface area contributed by atoms with Gasteiger partial charge in [-0.1, -0.05) is 48.2 Å². The summed E-state index contributed by atoms with van der Waals surface area (Å²) in [5, 5.41) is 8.95. The Morgan fingerprint density at radius 2 is 1.81 bits per heavy atom. The van der Waals surface area contributed by atoms with Gasteiger partial charge in [0.15, 0.2) is 16.8 Å². The topological polar surface area (TPSA) is 52.7 Å². The number of hydrogen-bond donors (Lipinski definition) is 0. The van der Waals surface area contributed by atoms with Crippen LogP contribution in [0.1, 0.15) is 21.7 Å². The first-order chi connectivity index (χ1) is 15.5. The van der Waals surface area contributed by atoms with Gasteiger partial charge >= 0.3 is 0 Å². The molecule has 0 saturated heterocycles. The Labute approximate surface area is 190 Å². The number of para-hydroxylation sites is 1. The van der Waals surface area contributed by atoms with Gasteiger partial charge < -0.3 is 4.57 Å². The number of hydrogen-bond acceptors (Lipinski definition) is 4. The van der Waals surface area contributed by atoms with E-state index < -0.39 is 0 Å². The van der Waals surface area contributed by atoms with Crippen LogP contribution in [0, 0.1) is 19.7 Å². The number of aryl methyl sites for hydroxylation is 1. The Hall–Kier alpha value is -3.45. The van der Waals surface area contributed by atoms with Crippen molar-refractivity contribution in [2.24, 2.45) is 0 Å². The van der Waals surface area contributed by atoms with Gasteiger partial charge in [-0.25, -0.2) is 4.39 Å². The lowest BCUT2D eigenvalue weighted by atomic mass is 10.2. The number of carbonyl (C=O) groups is 1. The van der Waals surface area contributed by atoms with E-state index in [1.165, 1.54) is 17.8 Å². The number of thioether (sulfide) groups is 1. The predicted molar refractivity (Wildman–Crippen MR) is 126 cm³/mol. The van der Waals surface area contributed by atoms with E-state index in [-0.39, 0.29) is 17.4 Å². The summed E-state index contributed by atoms with van der Waals surface area (Å²) < 4.78 is 18.1. The first-order valence-corrected chi connectivity index (χ1v) is 11.2. The zero-order valence-electron chi connectivity index (χ0n) is 18.0. The minimum atomic E-state index is -0.369. The highest BCUT2D eigenvalue weighted by Crippen LogP contribution is 2.28. The Morgan fingerprint density at radius 1 is 1.09 bits per heavy atom. The van der Waals surface area contributed by atoms with Crippen molar-refractivity contribution in [2.75, 3.05) is 5.75 Å². The molecule has 32 heavy (non-hydrogen) atoms. The summed E-state index contributed by atoms with van der Waals surface area (Å²) in [7, 11) is 0. The van der Waals surface area contributed by atoms with Crippen LogP contribution in [-0.2, 0) is 6.54 Å². The van der Waals surface area contributed by atoms with Crippen LogP contribution in [0.3, 0.4) is 0 Å². The van der Waals surface area contributed by atoms with Gasteiger partial charge in [0.25, 0.3) is 0 Å². The smallest absolute Gasteiger partial charge is 0.192 e. The molecule has 2 aromatic heterocycles. The van der Waals surface area contributed by atoms with Crippen molar-refractivity contribution in [1.82, 2.24) is 19.3 Å². The number of carbonyl (C=O) groups excluding carboxylic acids is 1. The molecule has 0 spiro atoms. The van der Waals surface area contributed by atoms with Crippen molar-refractivity contribution in [3.05, 3.63) is 96.1 Å². The van der Waals surface area contributed by atoms with Crippen molar-refractivity contribution in [3.8, 4) is 17.1 Å². The lowest BCUT2D eigenvalue weighted by molar-refractivity contribution is 0.102. The van der Waals surface area contributed by atoms with Gasteiger partial charge in [-0.05, 0) is 44.2 Å². The van der Waals surface area contributed by atoms with Gasteiger partial charge in [-0.2, -0.15) is 0 Å². The fraction of sp³-hybridized carbons (Fsp3) is 0.160. The fourth-order valence-electron chi connectivity index (χ4n) is 3.76. The third kappa shape index (κ3) is 4.16. The quantitative estimate of drug-likeness (QED) is 0.199. The lowest BCUT2D eigenvalue weighted by Gasteiger charge is -2.10. The van der Waals surface area contributed by atoms with E-state index in [0.717, 1.165) is 17.1 Å². The van der Waals surface area contributed by atoms with E-state index >= 15 is 0 Å². The maximum Gasteiger partial charge on any atom is 0.192 e. The number of rotatable bonds is 8. The van der Waals surface area contributed by atoms with Gasteiger partial charge in [0, 0.05) is 29.2 Å². The molecule has 4 aromatic rings. The van der Waals surface area contributed by atoms with Gasteiger partial charge in [-0.3, -0.25) is 9.36 Å². The average Bonchev–Trinajstić information content (AvgIpc) is 3.33. The maximum atomic E-state index is 14.3. The summed E-state index contributed by atoms with van der Waals surface area (Å²) in [4.78, 5) is 13.1. The number of ketones is 1. The van der Waals surface area contributed by atoms with Crippen molar-refractivity contribution >= 4 is 17.5 Å². The van der Waals surface area contributed by atoms with Crippen LogP contribution in [0.5, 0.6) is 0 Å². The van der Waals surface area contributed by atoms with Gasteiger partial charge in [0.2, 0.25) is 0 Å². The molecular formula is C25H23FN4OS. The number of halogens is 1. The van der Waals surface area contributed by atoms with E-state index in [2.05, 4.69) is 21.3 Å². The molecule has 5 nitrogen and oxygen atoms in total. The molecule has 0 saturated carbocycles.